The van der Waals surface area contributed by atoms with Crippen LogP contribution in [0.5, 0.6) is 0 Å². The van der Waals surface area contributed by atoms with E-state index < -0.39 is 0 Å². The largest absolute Gasteiger partial charge is 0.505 e. The van der Waals surface area contributed by atoms with Crippen molar-refractivity contribution < 1.29 is 14.3 Å². The Morgan fingerprint density at radius 1 is 0.882 bits per heavy atom. The molecule has 0 unspecified atom stereocenters. The normalized spacial score (nSPS) is 20.1. The molecule has 176 valence electrons. The van der Waals surface area contributed by atoms with Crippen LogP contribution in [0.3, 0.4) is 0 Å². The molecule has 1 saturated carbocycles. The van der Waals surface area contributed by atoms with Crippen LogP contribution in [0.25, 0.3) is 0 Å². The van der Waals surface area contributed by atoms with Crippen molar-refractivity contribution in [3.63, 3.8) is 0 Å². The molecule has 1 aliphatic rings. The first kappa shape index (κ1) is 23.6. The van der Waals surface area contributed by atoms with Crippen molar-refractivity contribution in [3.8, 4) is 0 Å². The summed E-state index contributed by atoms with van der Waals surface area (Å²) in [6, 6.07) is 30.7. The van der Waals surface area contributed by atoms with E-state index in [0.29, 0.717) is 6.54 Å². The number of carbonyl (C=O) groups is 1. The fourth-order valence-corrected chi connectivity index (χ4v) is 4.87. The zero-order valence-electron chi connectivity index (χ0n) is 19.8. The second-order valence-corrected chi connectivity index (χ2v) is 8.95. The van der Waals surface area contributed by atoms with Gasteiger partial charge in [0.15, 0.2) is 0 Å². The van der Waals surface area contributed by atoms with Crippen LogP contribution in [0, 0.1) is 0 Å². The average Bonchev–Trinajstić information content (AvgIpc) is 2.91. The van der Waals surface area contributed by atoms with Gasteiger partial charge in [-0.1, -0.05) is 91.0 Å². The highest BCUT2D eigenvalue weighted by Gasteiger charge is 2.38. The number of rotatable bonds is 8. The van der Waals surface area contributed by atoms with Crippen LogP contribution in [-0.4, -0.2) is 24.1 Å². The van der Waals surface area contributed by atoms with Gasteiger partial charge in [-0.25, -0.2) is 4.79 Å². The molecule has 0 heterocycles. The van der Waals surface area contributed by atoms with Crippen molar-refractivity contribution in [2.75, 3.05) is 7.11 Å². The average molecular weight is 456 g/mol. The maximum absolute atomic E-state index is 13.3. The molecule has 0 bridgehead atoms. The maximum Gasteiger partial charge on any atom is 0.410 e. The van der Waals surface area contributed by atoms with E-state index >= 15 is 0 Å². The van der Waals surface area contributed by atoms with E-state index in [2.05, 4.69) is 42.5 Å². The van der Waals surface area contributed by atoms with Gasteiger partial charge in [0, 0.05) is 18.0 Å². The third-order valence-corrected chi connectivity index (χ3v) is 6.80. The van der Waals surface area contributed by atoms with Gasteiger partial charge in [-0.2, -0.15) is 0 Å². The number of allylic oxidation sites excluding steroid dienone is 1. The minimum absolute atomic E-state index is 0.0832. The Morgan fingerprint density at radius 2 is 1.44 bits per heavy atom. The summed E-state index contributed by atoms with van der Waals surface area (Å²) < 4.78 is 11.1. The first-order chi connectivity index (χ1) is 16.7. The molecule has 0 aromatic heterocycles. The van der Waals surface area contributed by atoms with E-state index in [0.717, 1.165) is 36.8 Å². The van der Waals surface area contributed by atoms with Gasteiger partial charge < -0.3 is 14.4 Å². The van der Waals surface area contributed by atoms with Crippen LogP contribution in [0.1, 0.15) is 42.4 Å². The Hall–Kier alpha value is -3.53. The number of benzene rings is 3. The van der Waals surface area contributed by atoms with Crippen LogP contribution in [0.15, 0.2) is 103 Å². The molecule has 4 heteroatoms. The maximum atomic E-state index is 13.3. The van der Waals surface area contributed by atoms with E-state index in [1.165, 1.54) is 5.56 Å². The first-order valence-electron chi connectivity index (χ1n) is 12.0. The Morgan fingerprint density at radius 3 is 2.03 bits per heavy atom. The molecular weight excluding hydrogens is 422 g/mol. The SMILES string of the molecule is COC=CC1(c2ccccc2)CCC(N(Cc2ccccc2)C(=O)OCc2ccccc2)CC1. The van der Waals surface area contributed by atoms with Crippen molar-refractivity contribution in [1.82, 2.24) is 4.90 Å². The summed E-state index contributed by atoms with van der Waals surface area (Å²) in [5.41, 5.74) is 3.31. The van der Waals surface area contributed by atoms with Gasteiger partial charge >= 0.3 is 6.09 Å². The van der Waals surface area contributed by atoms with Crippen LogP contribution in [0.4, 0.5) is 4.79 Å². The lowest BCUT2D eigenvalue weighted by Crippen LogP contribution is -2.44. The highest BCUT2D eigenvalue weighted by Crippen LogP contribution is 2.42. The van der Waals surface area contributed by atoms with Crippen molar-refractivity contribution in [3.05, 3.63) is 120 Å². The van der Waals surface area contributed by atoms with Crippen LogP contribution >= 0.6 is 0 Å². The van der Waals surface area contributed by atoms with Gasteiger partial charge in [0.05, 0.1) is 13.4 Å². The molecule has 4 rings (SSSR count). The standard InChI is InChI=1S/C30H33NO3/c1-33-22-21-30(27-15-9-4-10-16-27)19-17-28(18-20-30)31(23-25-11-5-2-6-12-25)29(32)34-24-26-13-7-3-8-14-26/h2-16,21-22,28H,17-20,23-24H2,1H3. The second-order valence-electron chi connectivity index (χ2n) is 8.95. The van der Waals surface area contributed by atoms with Crippen molar-refractivity contribution >= 4 is 6.09 Å². The van der Waals surface area contributed by atoms with Gasteiger partial charge in [0.1, 0.15) is 6.61 Å². The molecule has 0 spiro atoms. The molecule has 3 aromatic carbocycles. The number of carbonyl (C=O) groups excluding carboxylic acids is 1. The van der Waals surface area contributed by atoms with E-state index in [9.17, 15) is 4.79 Å². The summed E-state index contributed by atoms with van der Waals surface area (Å²) >= 11 is 0. The summed E-state index contributed by atoms with van der Waals surface area (Å²) in [5, 5.41) is 0. The predicted octanol–water partition coefficient (Wildman–Crippen LogP) is 6.87. The molecule has 34 heavy (non-hydrogen) atoms. The Kier molecular flexibility index (Phi) is 8.03. The van der Waals surface area contributed by atoms with E-state index in [1.807, 2.05) is 59.5 Å². The molecule has 0 radical (unpaired) electrons. The third kappa shape index (κ3) is 5.88. The number of nitrogens with zero attached hydrogens (tertiary/aromatic N) is 1. The molecule has 1 aliphatic carbocycles. The minimum Gasteiger partial charge on any atom is -0.505 e. The van der Waals surface area contributed by atoms with Crippen molar-refractivity contribution in [2.45, 2.75) is 50.3 Å². The van der Waals surface area contributed by atoms with Crippen LogP contribution in [0.2, 0.25) is 0 Å². The number of methoxy groups -OCH3 is 1. The zero-order chi connectivity index (χ0) is 23.6. The molecule has 0 aliphatic heterocycles. The molecule has 0 saturated heterocycles. The molecule has 4 nitrogen and oxygen atoms in total. The fraction of sp³-hybridized carbons (Fsp3) is 0.300. The minimum atomic E-state index is -0.252. The van der Waals surface area contributed by atoms with Gasteiger partial charge in [-0.3, -0.25) is 0 Å². The van der Waals surface area contributed by atoms with Gasteiger partial charge in [-0.15, -0.1) is 0 Å². The Bertz CT molecular complexity index is 1040. The Labute approximate surface area is 202 Å². The highest BCUT2D eigenvalue weighted by atomic mass is 16.6. The molecule has 0 N–H and O–H groups in total. The third-order valence-electron chi connectivity index (χ3n) is 6.80. The second kappa shape index (κ2) is 11.6. The molecule has 1 fully saturated rings. The molecule has 0 atom stereocenters. The van der Waals surface area contributed by atoms with E-state index in [-0.39, 0.29) is 24.2 Å². The lowest BCUT2D eigenvalue weighted by molar-refractivity contribution is 0.0633. The fourth-order valence-electron chi connectivity index (χ4n) is 4.87. The summed E-state index contributed by atoms with van der Waals surface area (Å²) in [7, 11) is 1.69. The monoisotopic (exact) mass is 455 g/mol. The smallest absolute Gasteiger partial charge is 0.410 e. The molecule has 3 aromatic rings. The number of hydrogen-bond donors (Lipinski definition) is 0. The summed E-state index contributed by atoms with van der Waals surface area (Å²) in [6.45, 7) is 0.827. The predicted molar refractivity (Wildman–Crippen MR) is 135 cm³/mol. The number of ether oxygens (including phenoxy) is 2. The van der Waals surface area contributed by atoms with Crippen molar-refractivity contribution in [2.24, 2.45) is 0 Å². The number of amides is 1. The lowest BCUT2D eigenvalue weighted by atomic mass is 9.68. The van der Waals surface area contributed by atoms with Crippen LogP contribution < -0.4 is 0 Å². The number of hydrogen-bond acceptors (Lipinski definition) is 3. The van der Waals surface area contributed by atoms with E-state index in [1.54, 1.807) is 13.4 Å². The lowest BCUT2D eigenvalue weighted by Gasteiger charge is -2.42. The van der Waals surface area contributed by atoms with Gasteiger partial charge in [0.2, 0.25) is 0 Å². The van der Waals surface area contributed by atoms with Crippen molar-refractivity contribution in [1.29, 1.82) is 0 Å². The zero-order valence-corrected chi connectivity index (χ0v) is 19.8. The Balaban J connectivity index is 1.51. The molecular formula is C30H33NO3. The quantitative estimate of drug-likeness (QED) is 0.348. The van der Waals surface area contributed by atoms with E-state index in [4.69, 9.17) is 9.47 Å². The topological polar surface area (TPSA) is 38.8 Å². The first-order valence-corrected chi connectivity index (χ1v) is 12.0. The van der Waals surface area contributed by atoms with Gasteiger partial charge in [-0.05, 0) is 48.4 Å². The molecule has 1 amide bonds. The highest BCUT2D eigenvalue weighted by molar-refractivity contribution is 5.68. The van der Waals surface area contributed by atoms with Crippen LogP contribution in [-0.2, 0) is 28.0 Å². The summed E-state index contributed by atoms with van der Waals surface area (Å²) in [6.07, 6.45) is 7.42. The summed E-state index contributed by atoms with van der Waals surface area (Å²) in [5.74, 6) is 0. The van der Waals surface area contributed by atoms with Gasteiger partial charge in [0.25, 0.3) is 0 Å². The summed E-state index contributed by atoms with van der Waals surface area (Å²) in [4.78, 5) is 15.2.